The van der Waals surface area contributed by atoms with E-state index in [1.165, 1.54) is 23.2 Å². The van der Waals surface area contributed by atoms with Crippen LogP contribution in [0.1, 0.15) is 29.5 Å². The standard InChI is InChI=1S/C18H20FN/c1-13-12-16(19)9-6-14(13)7-10-17-11-8-15-4-2-3-5-18(15)20-17/h2-6,9,12,17,20H,7-8,10-11H2,1H3. The first-order valence-corrected chi connectivity index (χ1v) is 7.32. The predicted molar refractivity (Wildman–Crippen MR) is 81.6 cm³/mol. The largest absolute Gasteiger partial charge is 0.382 e. The Hall–Kier alpha value is -1.83. The highest BCUT2D eigenvalue weighted by Crippen LogP contribution is 2.26. The molecule has 1 N–H and O–H groups in total. The molecule has 0 radical (unpaired) electrons. The number of halogens is 1. The molecule has 1 aliphatic heterocycles. The lowest BCUT2D eigenvalue weighted by Crippen LogP contribution is -2.25. The normalized spacial score (nSPS) is 17.4. The van der Waals surface area contributed by atoms with Gasteiger partial charge in [0.25, 0.3) is 0 Å². The Kier molecular flexibility index (Phi) is 3.72. The highest BCUT2D eigenvalue weighted by atomic mass is 19.1. The monoisotopic (exact) mass is 269 g/mol. The van der Waals surface area contributed by atoms with E-state index in [0.29, 0.717) is 6.04 Å². The molecule has 0 aliphatic carbocycles. The molecule has 0 aromatic heterocycles. The van der Waals surface area contributed by atoms with E-state index < -0.39 is 0 Å². The summed E-state index contributed by atoms with van der Waals surface area (Å²) in [5, 5.41) is 3.62. The van der Waals surface area contributed by atoms with Gasteiger partial charge in [-0.3, -0.25) is 0 Å². The van der Waals surface area contributed by atoms with Gasteiger partial charge in [-0.1, -0.05) is 24.3 Å². The molecule has 0 saturated carbocycles. The molecule has 0 amide bonds. The Balaban J connectivity index is 1.63. The Morgan fingerprint density at radius 3 is 2.90 bits per heavy atom. The van der Waals surface area contributed by atoms with E-state index in [1.807, 2.05) is 13.0 Å². The lowest BCUT2D eigenvalue weighted by molar-refractivity contribution is 0.584. The van der Waals surface area contributed by atoms with E-state index in [-0.39, 0.29) is 5.82 Å². The van der Waals surface area contributed by atoms with Gasteiger partial charge in [-0.25, -0.2) is 4.39 Å². The molecular formula is C18H20FN. The zero-order valence-corrected chi connectivity index (χ0v) is 11.8. The zero-order valence-electron chi connectivity index (χ0n) is 11.8. The summed E-state index contributed by atoms with van der Waals surface area (Å²) in [5.74, 6) is -0.143. The summed E-state index contributed by atoms with van der Waals surface area (Å²) >= 11 is 0. The van der Waals surface area contributed by atoms with Crippen molar-refractivity contribution in [2.24, 2.45) is 0 Å². The smallest absolute Gasteiger partial charge is 0.123 e. The number of fused-ring (bicyclic) bond motifs is 1. The van der Waals surface area contributed by atoms with Crippen molar-refractivity contribution in [3.8, 4) is 0 Å². The third-order valence-electron chi connectivity index (χ3n) is 4.21. The molecule has 1 nitrogen and oxygen atoms in total. The van der Waals surface area contributed by atoms with Crippen molar-refractivity contribution in [3.05, 3.63) is 65.0 Å². The molecule has 20 heavy (non-hydrogen) atoms. The van der Waals surface area contributed by atoms with Gasteiger partial charge in [-0.05, 0) is 67.5 Å². The summed E-state index contributed by atoms with van der Waals surface area (Å²) in [6.07, 6.45) is 4.43. The first-order valence-electron chi connectivity index (χ1n) is 7.32. The van der Waals surface area contributed by atoms with Crippen molar-refractivity contribution >= 4 is 5.69 Å². The van der Waals surface area contributed by atoms with Crippen LogP contribution < -0.4 is 5.32 Å². The predicted octanol–water partition coefficient (Wildman–Crippen LogP) is 4.49. The van der Waals surface area contributed by atoms with E-state index in [2.05, 4.69) is 29.6 Å². The fourth-order valence-electron chi connectivity index (χ4n) is 2.99. The second kappa shape index (κ2) is 5.66. The number of benzene rings is 2. The molecule has 1 unspecified atom stereocenters. The minimum atomic E-state index is -0.143. The van der Waals surface area contributed by atoms with Crippen LogP contribution in [0.2, 0.25) is 0 Å². The van der Waals surface area contributed by atoms with Crippen LogP contribution in [-0.2, 0) is 12.8 Å². The fraction of sp³-hybridized carbons (Fsp3) is 0.333. The number of hydrogen-bond acceptors (Lipinski definition) is 1. The van der Waals surface area contributed by atoms with Gasteiger partial charge in [0.05, 0.1) is 0 Å². The molecule has 2 aromatic carbocycles. The van der Waals surface area contributed by atoms with E-state index in [9.17, 15) is 4.39 Å². The summed E-state index contributed by atoms with van der Waals surface area (Å²) in [5.41, 5.74) is 5.01. The molecule has 104 valence electrons. The minimum absolute atomic E-state index is 0.143. The molecule has 0 fully saturated rings. The van der Waals surface area contributed by atoms with Crippen molar-refractivity contribution in [2.45, 2.75) is 38.6 Å². The number of para-hydroxylation sites is 1. The maximum Gasteiger partial charge on any atom is 0.123 e. The number of anilines is 1. The molecule has 2 heteroatoms. The van der Waals surface area contributed by atoms with Gasteiger partial charge in [0.15, 0.2) is 0 Å². The molecule has 0 spiro atoms. The average molecular weight is 269 g/mol. The van der Waals surface area contributed by atoms with Gasteiger partial charge >= 0.3 is 0 Å². The van der Waals surface area contributed by atoms with Crippen molar-refractivity contribution in [1.82, 2.24) is 0 Å². The maximum absolute atomic E-state index is 13.1. The summed E-state index contributed by atoms with van der Waals surface area (Å²) in [6.45, 7) is 1.99. The molecule has 1 aliphatic rings. The van der Waals surface area contributed by atoms with Crippen LogP contribution in [0.3, 0.4) is 0 Å². The highest BCUT2D eigenvalue weighted by molar-refractivity contribution is 5.53. The summed E-state index contributed by atoms with van der Waals surface area (Å²) < 4.78 is 13.1. The van der Waals surface area contributed by atoms with Crippen LogP contribution in [0.5, 0.6) is 0 Å². The Bertz CT molecular complexity index is 606. The van der Waals surface area contributed by atoms with E-state index in [1.54, 1.807) is 12.1 Å². The Morgan fingerprint density at radius 1 is 1.20 bits per heavy atom. The summed E-state index contributed by atoms with van der Waals surface area (Å²) in [6, 6.07) is 14.2. The van der Waals surface area contributed by atoms with Gasteiger partial charge in [0.2, 0.25) is 0 Å². The number of hydrogen-bond donors (Lipinski definition) is 1. The molecule has 2 aromatic rings. The molecule has 0 bridgehead atoms. The van der Waals surface area contributed by atoms with Crippen LogP contribution >= 0.6 is 0 Å². The van der Waals surface area contributed by atoms with Gasteiger partial charge < -0.3 is 5.32 Å². The van der Waals surface area contributed by atoms with Crippen molar-refractivity contribution < 1.29 is 4.39 Å². The number of aryl methyl sites for hydroxylation is 3. The third-order valence-corrected chi connectivity index (χ3v) is 4.21. The molecule has 3 rings (SSSR count). The van der Waals surface area contributed by atoms with Gasteiger partial charge in [-0.2, -0.15) is 0 Å². The lowest BCUT2D eigenvalue weighted by atomic mass is 9.93. The van der Waals surface area contributed by atoms with Crippen LogP contribution in [0, 0.1) is 12.7 Å². The van der Waals surface area contributed by atoms with E-state index in [4.69, 9.17) is 0 Å². The van der Waals surface area contributed by atoms with Gasteiger partial charge in [-0.15, -0.1) is 0 Å². The van der Waals surface area contributed by atoms with Crippen molar-refractivity contribution in [3.63, 3.8) is 0 Å². The van der Waals surface area contributed by atoms with Crippen molar-refractivity contribution in [2.75, 3.05) is 5.32 Å². The quantitative estimate of drug-likeness (QED) is 0.865. The van der Waals surface area contributed by atoms with E-state index in [0.717, 1.165) is 24.8 Å². The number of rotatable bonds is 3. The third kappa shape index (κ3) is 2.84. The highest BCUT2D eigenvalue weighted by Gasteiger charge is 2.17. The first kappa shape index (κ1) is 13.2. The van der Waals surface area contributed by atoms with Crippen LogP contribution in [0.25, 0.3) is 0 Å². The van der Waals surface area contributed by atoms with Crippen LogP contribution in [-0.4, -0.2) is 6.04 Å². The molecule has 1 heterocycles. The van der Waals surface area contributed by atoms with Crippen LogP contribution in [0.15, 0.2) is 42.5 Å². The topological polar surface area (TPSA) is 12.0 Å². The number of nitrogens with one attached hydrogen (secondary N) is 1. The first-order chi connectivity index (χ1) is 9.72. The summed E-state index contributed by atoms with van der Waals surface area (Å²) in [4.78, 5) is 0. The average Bonchev–Trinajstić information content (AvgIpc) is 2.46. The minimum Gasteiger partial charge on any atom is -0.382 e. The maximum atomic E-state index is 13.1. The van der Waals surface area contributed by atoms with E-state index >= 15 is 0 Å². The summed E-state index contributed by atoms with van der Waals surface area (Å²) in [7, 11) is 0. The second-order valence-electron chi connectivity index (χ2n) is 5.65. The SMILES string of the molecule is Cc1cc(F)ccc1CCC1CCc2ccccc2N1. The molecular weight excluding hydrogens is 249 g/mol. The van der Waals surface area contributed by atoms with Crippen molar-refractivity contribution in [1.29, 1.82) is 0 Å². The lowest BCUT2D eigenvalue weighted by Gasteiger charge is -2.27. The Labute approximate surface area is 119 Å². The fourth-order valence-corrected chi connectivity index (χ4v) is 2.99. The molecule has 1 atom stereocenters. The zero-order chi connectivity index (χ0) is 13.9. The van der Waals surface area contributed by atoms with Gasteiger partial charge in [0, 0.05) is 11.7 Å². The Morgan fingerprint density at radius 2 is 2.05 bits per heavy atom. The molecule has 0 saturated heterocycles. The second-order valence-corrected chi connectivity index (χ2v) is 5.65. The van der Waals surface area contributed by atoms with Gasteiger partial charge in [0.1, 0.15) is 5.82 Å². The van der Waals surface area contributed by atoms with Crippen LogP contribution in [0.4, 0.5) is 10.1 Å².